The van der Waals surface area contributed by atoms with Gasteiger partial charge < -0.3 is 5.32 Å². The van der Waals surface area contributed by atoms with E-state index in [9.17, 15) is 4.79 Å². The van der Waals surface area contributed by atoms with Crippen LogP contribution in [0.3, 0.4) is 0 Å². The van der Waals surface area contributed by atoms with Gasteiger partial charge in [0.15, 0.2) is 0 Å². The number of nitrogens with zero attached hydrogens (tertiary/aromatic N) is 1. The Labute approximate surface area is 115 Å². The average Bonchev–Trinajstić information content (AvgIpc) is 2.32. The van der Waals surface area contributed by atoms with Crippen molar-refractivity contribution in [3.05, 3.63) is 57.7 Å². The Morgan fingerprint density at radius 3 is 2.61 bits per heavy atom. The van der Waals surface area contributed by atoms with Crippen molar-refractivity contribution in [2.75, 3.05) is 5.32 Å². The standard InChI is InChI=1S/C13H10Cl2N2O/c1-8-2-4-10(11(15)6-8)13(18)17-12-5-3-9(14)7-16-12/h2-7H,1H3,(H,16,17,18). The van der Waals surface area contributed by atoms with Crippen LogP contribution < -0.4 is 5.32 Å². The van der Waals surface area contributed by atoms with Crippen LogP contribution in [-0.4, -0.2) is 10.9 Å². The first-order valence-electron chi connectivity index (χ1n) is 5.25. The molecule has 92 valence electrons. The van der Waals surface area contributed by atoms with Crippen molar-refractivity contribution in [3.63, 3.8) is 0 Å². The lowest BCUT2D eigenvalue weighted by Gasteiger charge is -2.06. The topological polar surface area (TPSA) is 42.0 Å². The monoisotopic (exact) mass is 280 g/mol. The molecule has 1 aromatic carbocycles. The van der Waals surface area contributed by atoms with Crippen molar-refractivity contribution in [1.29, 1.82) is 0 Å². The summed E-state index contributed by atoms with van der Waals surface area (Å²) in [4.78, 5) is 15.9. The van der Waals surface area contributed by atoms with E-state index in [0.717, 1.165) is 5.56 Å². The van der Waals surface area contributed by atoms with Gasteiger partial charge in [0.05, 0.1) is 15.6 Å². The SMILES string of the molecule is Cc1ccc(C(=O)Nc2ccc(Cl)cn2)c(Cl)c1. The minimum atomic E-state index is -0.296. The minimum absolute atomic E-state index is 0.296. The summed E-state index contributed by atoms with van der Waals surface area (Å²) >= 11 is 11.7. The van der Waals surface area contributed by atoms with Crippen LogP contribution in [0.15, 0.2) is 36.5 Å². The first-order valence-corrected chi connectivity index (χ1v) is 6.01. The van der Waals surface area contributed by atoms with Crippen molar-refractivity contribution >= 4 is 34.9 Å². The number of hydrogen-bond donors (Lipinski definition) is 1. The molecule has 0 atom stereocenters. The highest BCUT2D eigenvalue weighted by Gasteiger charge is 2.10. The van der Waals surface area contributed by atoms with Crippen LogP contribution in [0.1, 0.15) is 15.9 Å². The third-order valence-electron chi connectivity index (χ3n) is 2.34. The molecule has 0 saturated carbocycles. The Hall–Kier alpha value is -1.58. The second-order valence-electron chi connectivity index (χ2n) is 3.80. The molecule has 0 radical (unpaired) electrons. The molecule has 18 heavy (non-hydrogen) atoms. The summed E-state index contributed by atoms with van der Waals surface area (Å²) in [5.74, 6) is 0.135. The first kappa shape index (κ1) is 12.9. The normalized spacial score (nSPS) is 10.2. The van der Waals surface area contributed by atoms with E-state index in [1.807, 2.05) is 13.0 Å². The number of aromatic nitrogens is 1. The zero-order valence-electron chi connectivity index (χ0n) is 9.58. The molecule has 1 aromatic heterocycles. The van der Waals surface area contributed by atoms with E-state index in [4.69, 9.17) is 23.2 Å². The molecule has 2 aromatic rings. The van der Waals surface area contributed by atoms with Crippen molar-refractivity contribution in [2.45, 2.75) is 6.92 Å². The third kappa shape index (κ3) is 3.00. The molecule has 1 heterocycles. The van der Waals surface area contributed by atoms with Crippen LogP contribution in [-0.2, 0) is 0 Å². The quantitative estimate of drug-likeness (QED) is 0.905. The van der Waals surface area contributed by atoms with Gasteiger partial charge in [-0.05, 0) is 36.8 Å². The Bertz CT molecular complexity index is 582. The molecule has 5 heteroatoms. The van der Waals surface area contributed by atoms with Crippen LogP contribution in [0.5, 0.6) is 0 Å². The number of amides is 1. The molecule has 0 fully saturated rings. The fourth-order valence-corrected chi connectivity index (χ4v) is 1.87. The molecule has 0 bridgehead atoms. The summed E-state index contributed by atoms with van der Waals surface area (Å²) in [6.45, 7) is 1.91. The fraction of sp³-hybridized carbons (Fsp3) is 0.0769. The number of hydrogen-bond acceptors (Lipinski definition) is 2. The van der Waals surface area contributed by atoms with E-state index < -0.39 is 0 Å². The molecule has 0 aliphatic carbocycles. The molecule has 1 amide bonds. The zero-order chi connectivity index (χ0) is 13.1. The molecule has 0 saturated heterocycles. The number of carbonyl (C=O) groups is 1. The van der Waals surface area contributed by atoms with Gasteiger partial charge in [-0.2, -0.15) is 0 Å². The number of rotatable bonds is 2. The van der Waals surface area contributed by atoms with E-state index in [1.54, 1.807) is 24.3 Å². The van der Waals surface area contributed by atoms with Crippen LogP contribution in [0, 0.1) is 6.92 Å². The predicted octanol–water partition coefficient (Wildman–Crippen LogP) is 3.95. The number of halogens is 2. The lowest BCUT2D eigenvalue weighted by atomic mass is 10.1. The van der Waals surface area contributed by atoms with E-state index in [2.05, 4.69) is 10.3 Å². The highest BCUT2D eigenvalue weighted by atomic mass is 35.5. The second kappa shape index (κ2) is 5.38. The summed E-state index contributed by atoms with van der Waals surface area (Å²) < 4.78 is 0. The Balaban J connectivity index is 2.19. The van der Waals surface area contributed by atoms with Gasteiger partial charge in [0, 0.05) is 6.20 Å². The summed E-state index contributed by atoms with van der Waals surface area (Å²) in [7, 11) is 0. The molecule has 2 rings (SSSR count). The Kier molecular flexibility index (Phi) is 3.84. The van der Waals surface area contributed by atoms with E-state index in [0.29, 0.717) is 21.4 Å². The van der Waals surface area contributed by atoms with Crippen molar-refractivity contribution in [3.8, 4) is 0 Å². The van der Waals surface area contributed by atoms with E-state index in [-0.39, 0.29) is 5.91 Å². The molecule has 1 N–H and O–H groups in total. The van der Waals surface area contributed by atoms with Gasteiger partial charge in [-0.1, -0.05) is 29.3 Å². The summed E-state index contributed by atoms with van der Waals surface area (Å²) in [5.41, 5.74) is 1.42. The summed E-state index contributed by atoms with van der Waals surface area (Å²) in [6.07, 6.45) is 1.47. The molecule has 0 spiro atoms. The summed E-state index contributed by atoms with van der Waals surface area (Å²) in [5, 5.41) is 3.59. The minimum Gasteiger partial charge on any atom is -0.307 e. The first-order chi connectivity index (χ1) is 8.56. The van der Waals surface area contributed by atoms with Gasteiger partial charge in [0.2, 0.25) is 0 Å². The maximum atomic E-state index is 12.0. The molecular formula is C13H10Cl2N2O. The van der Waals surface area contributed by atoms with Gasteiger partial charge >= 0.3 is 0 Å². The van der Waals surface area contributed by atoms with Crippen LogP contribution >= 0.6 is 23.2 Å². The van der Waals surface area contributed by atoms with Gasteiger partial charge in [0.25, 0.3) is 5.91 Å². The van der Waals surface area contributed by atoms with Gasteiger partial charge in [-0.15, -0.1) is 0 Å². The number of carbonyl (C=O) groups excluding carboxylic acids is 1. The maximum absolute atomic E-state index is 12.0. The van der Waals surface area contributed by atoms with Crippen LogP contribution in [0.2, 0.25) is 10.0 Å². The fourth-order valence-electron chi connectivity index (χ4n) is 1.44. The smallest absolute Gasteiger partial charge is 0.258 e. The predicted molar refractivity (Wildman–Crippen MR) is 73.4 cm³/mol. The van der Waals surface area contributed by atoms with Gasteiger partial charge in [-0.25, -0.2) is 4.98 Å². The Morgan fingerprint density at radius 2 is 2.00 bits per heavy atom. The molecule has 0 aliphatic heterocycles. The average molecular weight is 281 g/mol. The number of aryl methyl sites for hydroxylation is 1. The second-order valence-corrected chi connectivity index (χ2v) is 4.64. The van der Waals surface area contributed by atoms with Crippen molar-refractivity contribution in [2.24, 2.45) is 0 Å². The highest BCUT2D eigenvalue weighted by Crippen LogP contribution is 2.19. The number of pyridine rings is 1. The Morgan fingerprint density at radius 1 is 1.22 bits per heavy atom. The van der Waals surface area contributed by atoms with Crippen LogP contribution in [0.25, 0.3) is 0 Å². The number of anilines is 1. The van der Waals surface area contributed by atoms with Gasteiger partial charge in [-0.3, -0.25) is 4.79 Å². The van der Waals surface area contributed by atoms with Gasteiger partial charge in [0.1, 0.15) is 5.82 Å². The van der Waals surface area contributed by atoms with Crippen molar-refractivity contribution < 1.29 is 4.79 Å². The molecule has 3 nitrogen and oxygen atoms in total. The lowest BCUT2D eigenvalue weighted by molar-refractivity contribution is 0.102. The van der Waals surface area contributed by atoms with E-state index in [1.165, 1.54) is 6.20 Å². The van der Waals surface area contributed by atoms with Crippen molar-refractivity contribution in [1.82, 2.24) is 4.98 Å². The largest absolute Gasteiger partial charge is 0.307 e. The molecule has 0 unspecified atom stereocenters. The lowest BCUT2D eigenvalue weighted by Crippen LogP contribution is -2.13. The molecule has 0 aliphatic rings. The summed E-state index contributed by atoms with van der Waals surface area (Å²) in [6, 6.07) is 8.54. The zero-order valence-corrected chi connectivity index (χ0v) is 11.1. The molecular weight excluding hydrogens is 271 g/mol. The number of nitrogens with one attached hydrogen (secondary N) is 1. The maximum Gasteiger partial charge on any atom is 0.258 e. The van der Waals surface area contributed by atoms with Crippen LogP contribution in [0.4, 0.5) is 5.82 Å². The van der Waals surface area contributed by atoms with E-state index >= 15 is 0 Å². The number of benzene rings is 1. The third-order valence-corrected chi connectivity index (χ3v) is 2.87. The highest BCUT2D eigenvalue weighted by molar-refractivity contribution is 6.34.